The second-order valence-corrected chi connectivity index (χ2v) is 5.44. The van der Waals surface area contributed by atoms with Crippen LogP contribution in [0.4, 0.5) is 0 Å². The fourth-order valence-electron chi connectivity index (χ4n) is 2.27. The van der Waals surface area contributed by atoms with Gasteiger partial charge in [-0.05, 0) is 11.4 Å². The first-order chi connectivity index (χ1) is 10.3. The minimum absolute atomic E-state index is 0.0495. The lowest BCUT2D eigenvalue weighted by atomic mass is 10.3. The van der Waals surface area contributed by atoms with Crippen molar-refractivity contribution in [2.75, 3.05) is 20.2 Å². The average Bonchev–Trinajstić information content (AvgIpc) is 3.19. The molecule has 1 unspecified atom stereocenters. The van der Waals surface area contributed by atoms with E-state index in [1.54, 1.807) is 17.3 Å². The normalized spacial score (nSPS) is 17.8. The molecule has 1 amide bonds. The summed E-state index contributed by atoms with van der Waals surface area (Å²) < 4.78 is 10.9. The number of nitrogens with zero attached hydrogens (tertiary/aromatic N) is 3. The van der Waals surface area contributed by atoms with Crippen LogP contribution >= 0.6 is 11.3 Å². The van der Waals surface area contributed by atoms with Crippen molar-refractivity contribution in [1.29, 1.82) is 0 Å². The van der Waals surface area contributed by atoms with E-state index in [0.717, 1.165) is 12.0 Å². The molecule has 3 rings (SSSR count). The lowest BCUT2D eigenvalue weighted by Gasteiger charge is -2.16. The van der Waals surface area contributed by atoms with Crippen LogP contribution in [-0.4, -0.2) is 47.1 Å². The number of rotatable bonds is 4. The maximum atomic E-state index is 12.3. The van der Waals surface area contributed by atoms with Gasteiger partial charge >= 0.3 is 0 Å². The number of thiophene rings is 1. The summed E-state index contributed by atoms with van der Waals surface area (Å²) in [7, 11) is 1.53. The summed E-state index contributed by atoms with van der Waals surface area (Å²) in [5.41, 5.74) is 0.734. The van der Waals surface area contributed by atoms with Gasteiger partial charge in [0.2, 0.25) is 0 Å². The quantitative estimate of drug-likeness (QED) is 0.862. The standard InChI is InChI=1S/C14H15N3O3S/c1-19-12-13(16-5-4-15-12)20-11-2-6-17(8-11)14(18)10-3-7-21-9-10/h3-5,7,9,11H,2,6,8H2,1H3. The maximum Gasteiger partial charge on any atom is 0.278 e. The second-order valence-electron chi connectivity index (χ2n) is 4.66. The highest BCUT2D eigenvalue weighted by Crippen LogP contribution is 2.24. The highest BCUT2D eigenvalue weighted by atomic mass is 32.1. The number of methoxy groups -OCH3 is 1. The van der Waals surface area contributed by atoms with E-state index in [0.29, 0.717) is 24.8 Å². The third-order valence-corrected chi connectivity index (χ3v) is 3.99. The SMILES string of the molecule is COc1nccnc1OC1CCN(C(=O)c2ccsc2)C1. The van der Waals surface area contributed by atoms with Gasteiger partial charge in [0.1, 0.15) is 6.10 Å². The van der Waals surface area contributed by atoms with Crippen LogP contribution in [-0.2, 0) is 0 Å². The van der Waals surface area contributed by atoms with Crippen LogP contribution in [0.1, 0.15) is 16.8 Å². The molecule has 3 heterocycles. The predicted octanol–water partition coefficient (Wildman–Crippen LogP) is 1.84. The van der Waals surface area contributed by atoms with Crippen LogP contribution < -0.4 is 9.47 Å². The van der Waals surface area contributed by atoms with Crippen LogP contribution in [0.2, 0.25) is 0 Å². The monoisotopic (exact) mass is 305 g/mol. The number of carbonyl (C=O) groups is 1. The molecule has 2 aromatic rings. The van der Waals surface area contributed by atoms with Gasteiger partial charge in [-0.1, -0.05) is 0 Å². The molecular formula is C14H15N3O3S. The van der Waals surface area contributed by atoms with Crippen molar-refractivity contribution in [1.82, 2.24) is 14.9 Å². The lowest BCUT2D eigenvalue weighted by molar-refractivity contribution is 0.0770. The summed E-state index contributed by atoms with van der Waals surface area (Å²) in [6.07, 6.45) is 3.79. The van der Waals surface area contributed by atoms with Crippen molar-refractivity contribution in [2.45, 2.75) is 12.5 Å². The fourth-order valence-corrected chi connectivity index (χ4v) is 2.90. The third kappa shape index (κ3) is 2.97. The Morgan fingerprint density at radius 1 is 1.38 bits per heavy atom. The van der Waals surface area contributed by atoms with E-state index in [9.17, 15) is 4.79 Å². The molecule has 0 aromatic carbocycles. The van der Waals surface area contributed by atoms with Crippen molar-refractivity contribution in [3.8, 4) is 11.8 Å². The molecular weight excluding hydrogens is 290 g/mol. The van der Waals surface area contributed by atoms with E-state index in [4.69, 9.17) is 9.47 Å². The zero-order valence-corrected chi connectivity index (χ0v) is 12.4. The second kappa shape index (κ2) is 6.09. The Hall–Kier alpha value is -2.15. The largest absolute Gasteiger partial charge is 0.477 e. The van der Waals surface area contributed by atoms with Crippen molar-refractivity contribution >= 4 is 17.2 Å². The van der Waals surface area contributed by atoms with Crippen LogP contribution in [0.3, 0.4) is 0 Å². The average molecular weight is 305 g/mol. The zero-order chi connectivity index (χ0) is 14.7. The van der Waals surface area contributed by atoms with E-state index in [1.165, 1.54) is 18.4 Å². The van der Waals surface area contributed by atoms with Gasteiger partial charge in [-0.15, -0.1) is 0 Å². The number of hydrogen-bond donors (Lipinski definition) is 0. The number of ether oxygens (including phenoxy) is 2. The summed E-state index contributed by atoms with van der Waals surface area (Å²) in [5, 5.41) is 3.77. The van der Waals surface area contributed by atoms with Gasteiger partial charge in [-0.25, -0.2) is 9.97 Å². The van der Waals surface area contributed by atoms with Gasteiger partial charge in [0.25, 0.3) is 17.7 Å². The fraction of sp³-hybridized carbons (Fsp3) is 0.357. The first-order valence-electron chi connectivity index (χ1n) is 6.61. The smallest absolute Gasteiger partial charge is 0.278 e. The maximum absolute atomic E-state index is 12.3. The summed E-state index contributed by atoms with van der Waals surface area (Å²) in [6.45, 7) is 1.23. The molecule has 0 N–H and O–H groups in total. The van der Waals surface area contributed by atoms with E-state index in [-0.39, 0.29) is 12.0 Å². The molecule has 21 heavy (non-hydrogen) atoms. The Bertz CT molecular complexity index is 618. The van der Waals surface area contributed by atoms with Gasteiger partial charge in [0.05, 0.1) is 19.2 Å². The molecule has 1 fully saturated rings. The molecule has 6 nitrogen and oxygen atoms in total. The molecule has 1 aliphatic heterocycles. The molecule has 0 bridgehead atoms. The number of carbonyl (C=O) groups excluding carboxylic acids is 1. The van der Waals surface area contributed by atoms with Crippen LogP contribution in [0.5, 0.6) is 11.8 Å². The van der Waals surface area contributed by atoms with Gasteiger partial charge < -0.3 is 14.4 Å². The molecule has 1 atom stereocenters. The lowest BCUT2D eigenvalue weighted by Crippen LogP contribution is -2.30. The van der Waals surface area contributed by atoms with E-state index < -0.39 is 0 Å². The topological polar surface area (TPSA) is 64.6 Å². The van der Waals surface area contributed by atoms with E-state index in [2.05, 4.69) is 9.97 Å². The minimum atomic E-state index is -0.0850. The van der Waals surface area contributed by atoms with Crippen molar-refractivity contribution < 1.29 is 14.3 Å². The number of hydrogen-bond acceptors (Lipinski definition) is 6. The predicted molar refractivity (Wildman–Crippen MR) is 77.8 cm³/mol. The Labute approximate surface area is 126 Å². The molecule has 1 aliphatic rings. The Morgan fingerprint density at radius 2 is 2.19 bits per heavy atom. The number of aromatic nitrogens is 2. The van der Waals surface area contributed by atoms with Gasteiger partial charge in [0.15, 0.2) is 0 Å². The first kappa shape index (κ1) is 13.8. The van der Waals surface area contributed by atoms with Gasteiger partial charge in [-0.3, -0.25) is 4.79 Å². The van der Waals surface area contributed by atoms with E-state index in [1.807, 2.05) is 16.8 Å². The van der Waals surface area contributed by atoms with Crippen LogP contribution in [0, 0.1) is 0 Å². The third-order valence-electron chi connectivity index (χ3n) is 3.31. The summed E-state index contributed by atoms with van der Waals surface area (Å²) in [4.78, 5) is 22.2. The highest BCUT2D eigenvalue weighted by Gasteiger charge is 2.29. The van der Waals surface area contributed by atoms with Gasteiger partial charge in [-0.2, -0.15) is 11.3 Å². The van der Waals surface area contributed by atoms with Crippen molar-refractivity contribution in [3.63, 3.8) is 0 Å². The zero-order valence-electron chi connectivity index (χ0n) is 11.6. The molecule has 0 aliphatic carbocycles. The van der Waals surface area contributed by atoms with Crippen LogP contribution in [0.25, 0.3) is 0 Å². The molecule has 110 valence electrons. The minimum Gasteiger partial charge on any atom is -0.477 e. The Morgan fingerprint density at radius 3 is 2.90 bits per heavy atom. The number of likely N-dealkylation sites (tertiary alicyclic amines) is 1. The molecule has 1 saturated heterocycles. The van der Waals surface area contributed by atoms with Crippen molar-refractivity contribution in [2.24, 2.45) is 0 Å². The Balaban J connectivity index is 1.63. The van der Waals surface area contributed by atoms with E-state index >= 15 is 0 Å². The van der Waals surface area contributed by atoms with Gasteiger partial charge in [0, 0.05) is 30.7 Å². The molecule has 7 heteroatoms. The summed E-state index contributed by atoms with van der Waals surface area (Å²) in [5.74, 6) is 0.781. The highest BCUT2D eigenvalue weighted by molar-refractivity contribution is 7.08. The summed E-state index contributed by atoms with van der Waals surface area (Å²) in [6, 6.07) is 1.84. The van der Waals surface area contributed by atoms with Crippen molar-refractivity contribution in [3.05, 3.63) is 34.8 Å². The molecule has 0 saturated carbocycles. The first-order valence-corrected chi connectivity index (χ1v) is 7.55. The number of amides is 1. The summed E-state index contributed by atoms with van der Waals surface area (Å²) >= 11 is 1.52. The van der Waals surface area contributed by atoms with Crippen LogP contribution in [0.15, 0.2) is 29.2 Å². The molecule has 2 aromatic heterocycles. The molecule has 0 spiro atoms. The Kier molecular flexibility index (Phi) is 4.01. The molecule has 0 radical (unpaired) electrons.